The minimum atomic E-state index is -0.131. The van der Waals surface area contributed by atoms with E-state index in [-0.39, 0.29) is 5.41 Å². The van der Waals surface area contributed by atoms with Crippen molar-refractivity contribution in [3.05, 3.63) is 223 Å². The summed E-state index contributed by atoms with van der Waals surface area (Å²) in [5, 5.41) is 1.14. The van der Waals surface area contributed by atoms with Gasteiger partial charge in [-0.2, -0.15) is 0 Å². The van der Waals surface area contributed by atoms with Crippen LogP contribution in [0.1, 0.15) is 25.0 Å². The molecule has 0 N–H and O–H groups in total. The van der Waals surface area contributed by atoms with Gasteiger partial charge in [0.2, 0.25) is 0 Å². The van der Waals surface area contributed by atoms with Crippen LogP contribution < -0.4 is 0 Å². The van der Waals surface area contributed by atoms with Gasteiger partial charge in [-0.3, -0.25) is 0 Å². The van der Waals surface area contributed by atoms with Crippen LogP contribution >= 0.6 is 0 Å². The summed E-state index contributed by atoms with van der Waals surface area (Å²) in [5.41, 5.74) is 20.0. The van der Waals surface area contributed by atoms with Crippen molar-refractivity contribution in [3.63, 3.8) is 0 Å². The SMILES string of the molecule is CC1(C)c2ccccc2-c2cc3c(-c4cccc(-c5ccc(-c6nc(-c7ccccc7)cc(-c7ccccc7)n6)cc5)c4)cc(-c4cccc(-c5ccccc5)c4)nc3cc21. The number of rotatable bonds is 7. The van der Waals surface area contributed by atoms with Crippen LogP contribution in [0.3, 0.4) is 0 Å². The Labute approximate surface area is 356 Å². The van der Waals surface area contributed by atoms with E-state index in [1.54, 1.807) is 0 Å². The van der Waals surface area contributed by atoms with Crippen LogP contribution in [0, 0.1) is 0 Å². The molecule has 11 rings (SSSR count). The van der Waals surface area contributed by atoms with Gasteiger partial charge >= 0.3 is 0 Å². The lowest BCUT2D eigenvalue weighted by Gasteiger charge is -2.22. The Hall–Kier alpha value is -7.75. The Balaban J connectivity index is 1.02. The zero-order chi connectivity index (χ0) is 40.9. The van der Waals surface area contributed by atoms with E-state index in [0.29, 0.717) is 5.82 Å². The molecule has 10 aromatic rings. The maximum atomic E-state index is 5.43. The molecule has 0 saturated carbocycles. The molecule has 0 saturated heterocycles. The normalized spacial score (nSPS) is 12.6. The molecule has 1 aliphatic carbocycles. The third-order valence-corrected chi connectivity index (χ3v) is 12.3. The first-order chi connectivity index (χ1) is 30.0. The molecule has 3 heteroatoms. The number of hydrogen-bond acceptors (Lipinski definition) is 3. The Bertz CT molecular complexity index is 3190. The summed E-state index contributed by atoms with van der Waals surface area (Å²) in [5.74, 6) is 0.699. The largest absolute Gasteiger partial charge is 0.248 e. The molecule has 0 atom stereocenters. The highest BCUT2D eigenvalue weighted by molar-refractivity contribution is 6.02. The maximum Gasteiger partial charge on any atom is 0.160 e. The van der Waals surface area contributed by atoms with Gasteiger partial charge in [-0.25, -0.2) is 15.0 Å². The lowest BCUT2D eigenvalue weighted by Crippen LogP contribution is -2.14. The Kier molecular flexibility index (Phi) is 8.82. The lowest BCUT2D eigenvalue weighted by atomic mass is 9.82. The highest BCUT2D eigenvalue weighted by atomic mass is 14.9. The van der Waals surface area contributed by atoms with Gasteiger partial charge in [0.05, 0.1) is 22.6 Å². The number of fused-ring (bicyclic) bond motifs is 4. The summed E-state index contributed by atoms with van der Waals surface area (Å²) >= 11 is 0. The number of pyridine rings is 1. The molecule has 0 bridgehead atoms. The molecule has 2 aromatic heterocycles. The van der Waals surface area contributed by atoms with Crippen molar-refractivity contribution < 1.29 is 0 Å². The summed E-state index contributed by atoms with van der Waals surface area (Å²) < 4.78 is 0. The predicted molar refractivity (Wildman–Crippen MR) is 253 cm³/mol. The molecule has 8 aromatic carbocycles. The van der Waals surface area contributed by atoms with Gasteiger partial charge < -0.3 is 0 Å². The van der Waals surface area contributed by atoms with Crippen LogP contribution in [-0.2, 0) is 5.41 Å². The third-order valence-electron chi connectivity index (χ3n) is 12.3. The third kappa shape index (κ3) is 6.61. The molecule has 0 spiro atoms. The lowest BCUT2D eigenvalue weighted by molar-refractivity contribution is 0.661. The predicted octanol–water partition coefficient (Wildman–Crippen LogP) is 15.0. The summed E-state index contributed by atoms with van der Waals surface area (Å²) in [6.45, 7) is 4.67. The van der Waals surface area contributed by atoms with E-state index in [2.05, 4.69) is 190 Å². The van der Waals surface area contributed by atoms with Gasteiger partial charge in [-0.05, 0) is 92.0 Å². The van der Waals surface area contributed by atoms with Crippen LogP contribution in [0.4, 0.5) is 0 Å². The molecule has 3 nitrogen and oxygen atoms in total. The minimum Gasteiger partial charge on any atom is -0.248 e. The average Bonchev–Trinajstić information content (AvgIpc) is 3.56. The Morgan fingerprint density at radius 1 is 0.295 bits per heavy atom. The zero-order valence-corrected chi connectivity index (χ0v) is 34.0. The summed E-state index contributed by atoms with van der Waals surface area (Å²) in [6.07, 6.45) is 0. The molecule has 288 valence electrons. The first kappa shape index (κ1) is 36.3. The van der Waals surface area contributed by atoms with Gasteiger partial charge in [-0.1, -0.05) is 190 Å². The molecule has 0 unspecified atom stereocenters. The van der Waals surface area contributed by atoms with Crippen molar-refractivity contribution in [1.82, 2.24) is 15.0 Å². The van der Waals surface area contributed by atoms with E-state index >= 15 is 0 Å². The second-order valence-corrected chi connectivity index (χ2v) is 16.4. The van der Waals surface area contributed by atoms with Crippen LogP contribution in [0.2, 0.25) is 0 Å². The van der Waals surface area contributed by atoms with Gasteiger partial charge in [0.1, 0.15) is 0 Å². The Morgan fingerprint density at radius 2 is 0.787 bits per heavy atom. The summed E-state index contributed by atoms with van der Waals surface area (Å²) in [6, 6.07) is 75.5. The van der Waals surface area contributed by atoms with Crippen molar-refractivity contribution in [2.24, 2.45) is 0 Å². The highest BCUT2D eigenvalue weighted by Crippen LogP contribution is 2.50. The standard InChI is InChI=1S/C58H41N3/c1-58(2)51-27-13-12-26-47(51)49-34-50-48(35-53(59-56(50)36-52(49)58)46-25-15-23-44(33-46)38-16-6-3-7-17-38)45-24-14-22-43(32-45)39-28-30-42(31-29-39)57-60-54(40-18-8-4-9-19-40)37-55(61-57)41-20-10-5-11-21-41/h3-37H,1-2H3. The topological polar surface area (TPSA) is 38.7 Å². The van der Waals surface area contributed by atoms with E-state index in [4.69, 9.17) is 15.0 Å². The van der Waals surface area contributed by atoms with Crippen molar-refractivity contribution in [2.75, 3.05) is 0 Å². The van der Waals surface area contributed by atoms with Gasteiger partial charge in [0.15, 0.2) is 5.82 Å². The quantitative estimate of drug-likeness (QED) is 0.162. The maximum absolute atomic E-state index is 5.43. The van der Waals surface area contributed by atoms with Gasteiger partial charge in [0.25, 0.3) is 0 Å². The molecule has 0 aliphatic heterocycles. The molecular formula is C58H41N3. The zero-order valence-electron chi connectivity index (χ0n) is 34.0. The van der Waals surface area contributed by atoms with E-state index < -0.39 is 0 Å². The van der Waals surface area contributed by atoms with Crippen molar-refractivity contribution in [2.45, 2.75) is 19.3 Å². The average molecular weight is 780 g/mol. The van der Waals surface area contributed by atoms with E-state index in [1.165, 1.54) is 33.4 Å². The van der Waals surface area contributed by atoms with Gasteiger partial charge in [0, 0.05) is 33.1 Å². The molecule has 2 heterocycles. The fourth-order valence-corrected chi connectivity index (χ4v) is 9.06. The fourth-order valence-electron chi connectivity index (χ4n) is 9.06. The van der Waals surface area contributed by atoms with Crippen LogP contribution in [0.15, 0.2) is 212 Å². The van der Waals surface area contributed by atoms with Crippen LogP contribution in [-0.4, -0.2) is 15.0 Å². The fraction of sp³-hybridized carbons (Fsp3) is 0.0517. The monoisotopic (exact) mass is 779 g/mol. The van der Waals surface area contributed by atoms with Crippen LogP contribution in [0.25, 0.3) is 101 Å². The van der Waals surface area contributed by atoms with Crippen LogP contribution in [0.5, 0.6) is 0 Å². The number of aromatic nitrogens is 3. The van der Waals surface area contributed by atoms with E-state index in [9.17, 15) is 0 Å². The minimum absolute atomic E-state index is 0.131. The number of nitrogens with zero attached hydrogens (tertiary/aromatic N) is 3. The second kappa shape index (κ2) is 14.8. The molecular weight excluding hydrogens is 739 g/mol. The molecule has 1 aliphatic rings. The second-order valence-electron chi connectivity index (χ2n) is 16.4. The molecule has 0 radical (unpaired) electrons. The smallest absolute Gasteiger partial charge is 0.160 e. The highest BCUT2D eigenvalue weighted by Gasteiger charge is 2.36. The number of benzene rings is 8. The Morgan fingerprint density at radius 3 is 1.44 bits per heavy atom. The molecule has 61 heavy (non-hydrogen) atoms. The molecule has 0 fully saturated rings. The van der Waals surface area contributed by atoms with Crippen molar-refractivity contribution in [3.8, 4) is 89.7 Å². The summed E-state index contributed by atoms with van der Waals surface area (Å²) in [4.78, 5) is 15.6. The first-order valence-corrected chi connectivity index (χ1v) is 20.9. The van der Waals surface area contributed by atoms with Crippen molar-refractivity contribution in [1.29, 1.82) is 0 Å². The first-order valence-electron chi connectivity index (χ1n) is 20.9. The number of hydrogen-bond donors (Lipinski definition) is 0. The van der Waals surface area contributed by atoms with Crippen molar-refractivity contribution >= 4 is 10.9 Å². The summed E-state index contributed by atoms with van der Waals surface area (Å²) in [7, 11) is 0. The van der Waals surface area contributed by atoms with E-state index in [0.717, 1.165) is 72.5 Å². The van der Waals surface area contributed by atoms with Gasteiger partial charge in [-0.15, -0.1) is 0 Å². The van der Waals surface area contributed by atoms with E-state index in [1.807, 2.05) is 36.4 Å². The molecule has 0 amide bonds.